The van der Waals surface area contributed by atoms with Gasteiger partial charge < -0.3 is 0 Å². The Labute approximate surface area is 97.1 Å². The smallest absolute Gasteiger partial charge is 0.162 e. The van der Waals surface area contributed by atoms with Gasteiger partial charge in [0.1, 0.15) is 10.3 Å². The third kappa shape index (κ3) is 2.25. The van der Waals surface area contributed by atoms with Gasteiger partial charge in [0.2, 0.25) is 0 Å². The lowest BCUT2D eigenvalue weighted by molar-refractivity contribution is 1.15. The minimum Gasteiger partial charge on any atom is -0.264 e. The molecule has 0 atom stereocenters. The van der Waals surface area contributed by atoms with E-state index in [-0.39, 0.29) is 0 Å². The van der Waals surface area contributed by atoms with Crippen LogP contribution in [0.1, 0.15) is 5.56 Å². The molecule has 0 bridgehead atoms. The first-order chi connectivity index (χ1) is 7.16. The average molecular weight is 240 g/mol. The Balaban J connectivity index is 2.59. The number of rotatable bonds is 1. The number of nitrogens with zero attached hydrogens (tertiary/aromatic N) is 3. The molecule has 15 heavy (non-hydrogen) atoms. The number of halogens is 2. The molecule has 0 aromatic carbocycles. The van der Waals surface area contributed by atoms with E-state index < -0.39 is 0 Å². The van der Waals surface area contributed by atoms with Crippen LogP contribution < -0.4 is 0 Å². The molecule has 2 aromatic rings. The Morgan fingerprint density at radius 2 is 1.80 bits per heavy atom. The van der Waals surface area contributed by atoms with E-state index in [4.69, 9.17) is 23.2 Å². The van der Waals surface area contributed by atoms with Crippen molar-refractivity contribution < 1.29 is 0 Å². The molecule has 76 valence electrons. The summed E-state index contributed by atoms with van der Waals surface area (Å²) in [5, 5.41) is 0.669. The van der Waals surface area contributed by atoms with Crippen LogP contribution in [0.2, 0.25) is 10.3 Å². The maximum Gasteiger partial charge on any atom is 0.162 e. The number of aromatic nitrogens is 3. The fourth-order valence-electron chi connectivity index (χ4n) is 1.23. The quantitative estimate of drug-likeness (QED) is 0.718. The number of aryl methyl sites for hydroxylation is 1. The van der Waals surface area contributed by atoms with Gasteiger partial charge in [0, 0.05) is 24.0 Å². The Hall–Kier alpha value is -1.19. The van der Waals surface area contributed by atoms with Crippen molar-refractivity contribution in [3.8, 4) is 11.4 Å². The van der Waals surface area contributed by atoms with Crippen LogP contribution in [-0.4, -0.2) is 15.0 Å². The second-order valence-electron chi connectivity index (χ2n) is 3.03. The van der Waals surface area contributed by atoms with Gasteiger partial charge in [0.15, 0.2) is 5.82 Å². The molecule has 0 saturated carbocycles. The van der Waals surface area contributed by atoms with Crippen LogP contribution in [0.4, 0.5) is 0 Å². The molecule has 0 radical (unpaired) electrons. The molecular weight excluding hydrogens is 233 g/mol. The van der Waals surface area contributed by atoms with E-state index >= 15 is 0 Å². The minimum absolute atomic E-state index is 0.334. The maximum atomic E-state index is 5.80. The molecular formula is C10H7Cl2N3. The number of hydrogen-bond acceptors (Lipinski definition) is 3. The third-order valence-corrected chi connectivity index (χ3v) is 2.31. The maximum absolute atomic E-state index is 5.80. The molecule has 0 aliphatic carbocycles. The van der Waals surface area contributed by atoms with Crippen LogP contribution >= 0.6 is 23.2 Å². The predicted molar refractivity (Wildman–Crippen MR) is 60.0 cm³/mol. The summed E-state index contributed by atoms with van der Waals surface area (Å²) < 4.78 is 0. The van der Waals surface area contributed by atoms with Crippen LogP contribution in [0.15, 0.2) is 24.5 Å². The fraction of sp³-hybridized carbons (Fsp3) is 0.100. The Morgan fingerprint density at radius 1 is 1.13 bits per heavy atom. The van der Waals surface area contributed by atoms with Gasteiger partial charge in [-0.15, -0.1) is 0 Å². The lowest BCUT2D eigenvalue weighted by atomic mass is 10.1. The van der Waals surface area contributed by atoms with Crippen molar-refractivity contribution in [3.05, 3.63) is 40.4 Å². The van der Waals surface area contributed by atoms with E-state index in [9.17, 15) is 0 Å². The highest BCUT2D eigenvalue weighted by Gasteiger charge is 2.06. The molecule has 2 rings (SSSR count). The van der Waals surface area contributed by atoms with E-state index in [2.05, 4.69) is 15.0 Å². The largest absolute Gasteiger partial charge is 0.264 e. The zero-order chi connectivity index (χ0) is 10.8. The molecule has 0 saturated heterocycles. The fourth-order valence-corrected chi connectivity index (χ4v) is 1.66. The van der Waals surface area contributed by atoms with Crippen LogP contribution in [0.25, 0.3) is 11.4 Å². The zero-order valence-corrected chi connectivity index (χ0v) is 9.42. The van der Waals surface area contributed by atoms with Gasteiger partial charge in [0.25, 0.3) is 0 Å². The summed E-state index contributed by atoms with van der Waals surface area (Å²) in [6.07, 6.45) is 3.42. The van der Waals surface area contributed by atoms with Crippen LogP contribution in [0.5, 0.6) is 0 Å². The van der Waals surface area contributed by atoms with Crippen LogP contribution in [-0.2, 0) is 0 Å². The van der Waals surface area contributed by atoms with Crippen LogP contribution in [0, 0.1) is 6.92 Å². The van der Waals surface area contributed by atoms with Gasteiger partial charge in [-0.2, -0.15) is 0 Å². The highest BCUT2D eigenvalue weighted by Crippen LogP contribution is 2.22. The van der Waals surface area contributed by atoms with Crippen molar-refractivity contribution in [1.82, 2.24) is 15.0 Å². The Morgan fingerprint density at radius 3 is 2.40 bits per heavy atom. The van der Waals surface area contributed by atoms with E-state index in [0.717, 1.165) is 11.1 Å². The summed E-state index contributed by atoms with van der Waals surface area (Å²) in [4.78, 5) is 12.2. The molecule has 0 N–H and O–H groups in total. The molecule has 0 aliphatic heterocycles. The van der Waals surface area contributed by atoms with Crippen molar-refractivity contribution in [1.29, 1.82) is 0 Å². The van der Waals surface area contributed by atoms with Gasteiger partial charge in [-0.3, -0.25) is 4.98 Å². The summed E-state index contributed by atoms with van der Waals surface area (Å²) in [7, 11) is 0. The zero-order valence-electron chi connectivity index (χ0n) is 7.91. The van der Waals surface area contributed by atoms with Crippen LogP contribution in [0.3, 0.4) is 0 Å². The Kier molecular flexibility index (Phi) is 2.84. The first-order valence-electron chi connectivity index (χ1n) is 4.28. The van der Waals surface area contributed by atoms with E-state index in [1.54, 1.807) is 12.4 Å². The summed E-state index contributed by atoms with van der Waals surface area (Å²) in [6, 6.07) is 3.33. The molecule has 2 heterocycles. The van der Waals surface area contributed by atoms with Crippen molar-refractivity contribution in [2.24, 2.45) is 0 Å². The van der Waals surface area contributed by atoms with E-state index in [1.165, 1.54) is 6.07 Å². The molecule has 0 fully saturated rings. The molecule has 3 nitrogen and oxygen atoms in total. The summed E-state index contributed by atoms with van der Waals surface area (Å²) >= 11 is 11.6. The molecule has 0 spiro atoms. The lowest BCUT2D eigenvalue weighted by Crippen LogP contribution is -1.92. The van der Waals surface area contributed by atoms with Gasteiger partial charge >= 0.3 is 0 Å². The van der Waals surface area contributed by atoms with Crippen molar-refractivity contribution in [2.45, 2.75) is 6.92 Å². The van der Waals surface area contributed by atoms with E-state index in [0.29, 0.717) is 16.1 Å². The van der Waals surface area contributed by atoms with Gasteiger partial charge in [-0.05, 0) is 18.6 Å². The monoisotopic (exact) mass is 239 g/mol. The van der Waals surface area contributed by atoms with Crippen molar-refractivity contribution in [3.63, 3.8) is 0 Å². The molecule has 2 aromatic heterocycles. The standard InChI is InChI=1S/C10H7Cl2N3/c1-6-5-13-3-2-7(6)10-14-8(11)4-9(12)15-10/h2-5H,1H3. The molecule has 0 amide bonds. The topological polar surface area (TPSA) is 38.7 Å². The molecule has 0 unspecified atom stereocenters. The number of hydrogen-bond donors (Lipinski definition) is 0. The van der Waals surface area contributed by atoms with Gasteiger partial charge in [-0.1, -0.05) is 23.2 Å². The average Bonchev–Trinajstić information content (AvgIpc) is 2.16. The highest BCUT2D eigenvalue weighted by atomic mass is 35.5. The highest BCUT2D eigenvalue weighted by molar-refractivity contribution is 6.33. The van der Waals surface area contributed by atoms with Crippen molar-refractivity contribution >= 4 is 23.2 Å². The second-order valence-corrected chi connectivity index (χ2v) is 3.80. The molecule has 0 aliphatic rings. The summed E-state index contributed by atoms with van der Waals surface area (Å²) in [5.74, 6) is 0.521. The lowest BCUT2D eigenvalue weighted by Gasteiger charge is -2.03. The third-order valence-electron chi connectivity index (χ3n) is 1.92. The second kappa shape index (κ2) is 4.13. The molecule has 5 heteroatoms. The van der Waals surface area contributed by atoms with E-state index in [1.807, 2.05) is 13.0 Å². The Bertz CT molecular complexity index is 480. The SMILES string of the molecule is Cc1cnccc1-c1nc(Cl)cc(Cl)n1. The normalized spacial score (nSPS) is 10.3. The predicted octanol–water partition coefficient (Wildman–Crippen LogP) is 3.15. The first-order valence-corrected chi connectivity index (χ1v) is 5.03. The first kappa shape index (κ1) is 10.3. The van der Waals surface area contributed by atoms with Crippen molar-refractivity contribution in [2.75, 3.05) is 0 Å². The summed E-state index contributed by atoms with van der Waals surface area (Å²) in [5.41, 5.74) is 1.87. The summed E-state index contributed by atoms with van der Waals surface area (Å²) in [6.45, 7) is 1.93. The van der Waals surface area contributed by atoms with Gasteiger partial charge in [-0.25, -0.2) is 9.97 Å². The number of pyridine rings is 1. The van der Waals surface area contributed by atoms with Gasteiger partial charge in [0.05, 0.1) is 0 Å². The minimum atomic E-state index is 0.334.